The first-order valence-electron chi connectivity index (χ1n) is 31.9. The SMILES string of the molecule is CC(C)(C)c1cc(N)no1.COC(=O)c1ccc(C)c(Nc2ncnc3cncnc23)c1.Cc1ccc(C(=O)Cl)cc1Nc1ncnc2cncnc12.Cc1ccc(C(=O)Nc2cc(C(C)(C)C)on2)cc1Nc1ncnc2cncnc12.Cc1ccc(C(=O)O)cc1Nc1ncnc2cncnc12.O=S(Cl)Cl.[Li+].[OH-].[V]. The van der Waals surface area contributed by atoms with Gasteiger partial charge in [-0.05, 0) is 110 Å². The first-order chi connectivity index (χ1) is 51.5. The van der Waals surface area contributed by atoms with Gasteiger partial charge in [0.15, 0.2) is 34.9 Å². The average Bonchev–Trinajstić information content (AvgIpc) is 1.52. The van der Waals surface area contributed by atoms with Crippen molar-refractivity contribution in [2.75, 3.05) is 39.4 Å². The number of carbonyl (C=O) groups excluding carboxylic acids is 3. The van der Waals surface area contributed by atoms with E-state index in [-0.39, 0.29) is 65.2 Å². The van der Waals surface area contributed by atoms with E-state index >= 15 is 0 Å². The molecule has 0 spiro atoms. The molecule has 9 N–H and O–H groups in total. The van der Waals surface area contributed by atoms with E-state index in [0.717, 1.165) is 45.1 Å². The molecule has 0 saturated heterocycles. The summed E-state index contributed by atoms with van der Waals surface area (Å²) in [7, 11) is 8.71. The number of carboxylic acid groups (broad SMARTS) is 1. The van der Waals surface area contributed by atoms with Crippen molar-refractivity contribution >= 4 is 167 Å². The largest absolute Gasteiger partial charge is 1.00 e. The number of anilines is 10. The third-order valence-electron chi connectivity index (χ3n) is 15.1. The van der Waals surface area contributed by atoms with Gasteiger partial charge in [-0.1, -0.05) is 76.1 Å². The quantitative estimate of drug-likeness (QED) is 0.0320. The summed E-state index contributed by atoms with van der Waals surface area (Å²) in [4.78, 5) is 112. The number of esters is 1. The second kappa shape index (κ2) is 40.6. The van der Waals surface area contributed by atoms with Gasteiger partial charge in [-0.25, -0.2) is 93.5 Å². The van der Waals surface area contributed by atoms with Crippen molar-refractivity contribution in [3.05, 3.63) is 216 Å². The van der Waals surface area contributed by atoms with Crippen molar-refractivity contribution in [3.63, 3.8) is 0 Å². The van der Waals surface area contributed by atoms with E-state index in [1.165, 1.54) is 57.7 Å². The van der Waals surface area contributed by atoms with Crippen molar-refractivity contribution in [1.29, 1.82) is 0 Å². The molecule has 0 aliphatic heterocycles. The van der Waals surface area contributed by atoms with Crippen LogP contribution in [0.5, 0.6) is 0 Å². The molecule has 1 radical (unpaired) electrons. The van der Waals surface area contributed by atoms with E-state index in [2.05, 4.69) is 138 Å². The number of nitrogen functional groups attached to an aromatic ring is 1. The van der Waals surface area contributed by atoms with E-state index in [9.17, 15) is 19.2 Å². The minimum Gasteiger partial charge on any atom is -0.870 e. The van der Waals surface area contributed by atoms with Crippen LogP contribution in [0.15, 0.2) is 169 Å². The maximum Gasteiger partial charge on any atom is 1.00 e. The van der Waals surface area contributed by atoms with Gasteiger partial charge in [0, 0.05) is 96.8 Å². The number of methoxy groups -OCH3 is 1. The number of amides is 1. The first kappa shape index (κ1) is 88.1. The maximum absolute atomic E-state index is 12.7. The van der Waals surface area contributed by atoms with Crippen molar-refractivity contribution in [3.8, 4) is 0 Å². The number of benzene rings is 4. The molecule has 0 unspecified atom stereocenters. The summed E-state index contributed by atoms with van der Waals surface area (Å²) < 4.78 is 24.1. The smallest absolute Gasteiger partial charge is 0.870 e. The molecule has 0 fully saturated rings. The molecule has 10 heterocycles. The molecular weight excluding hydrogens is 1550 g/mol. The number of aromatic nitrogens is 18. The summed E-state index contributed by atoms with van der Waals surface area (Å²) in [6, 6.07) is 24.2. The molecule has 14 rings (SSSR count). The Balaban J connectivity index is 0.000000218. The predicted molar refractivity (Wildman–Crippen MR) is 411 cm³/mol. The van der Waals surface area contributed by atoms with Crippen LogP contribution >= 0.6 is 33.0 Å². The van der Waals surface area contributed by atoms with Gasteiger partial charge in [0.1, 0.15) is 106 Å². The normalized spacial score (nSPS) is 10.5. The van der Waals surface area contributed by atoms with Crippen LogP contribution in [0, 0.1) is 27.7 Å². The second-order valence-electron chi connectivity index (χ2n) is 24.9. The molecule has 40 heteroatoms. The molecule has 0 aliphatic rings. The van der Waals surface area contributed by atoms with Gasteiger partial charge in [0.05, 0.1) is 43.0 Å². The molecule has 4 aromatic carbocycles. The summed E-state index contributed by atoms with van der Waals surface area (Å²) in [6.07, 6.45) is 17.9. The molecule has 1 amide bonds. The number of carbonyl (C=O) groups is 4. The number of halogens is 3. The number of nitrogens with two attached hydrogens (primary N) is 1. The average molecular weight is 1610 g/mol. The van der Waals surface area contributed by atoms with Gasteiger partial charge in [0.25, 0.3) is 11.1 Å². The molecule has 0 bridgehead atoms. The van der Waals surface area contributed by atoms with E-state index in [0.29, 0.717) is 107 Å². The number of hydrogen-bond donors (Lipinski definition) is 7. The molecule has 10 aromatic heterocycles. The number of rotatable bonds is 13. The Morgan fingerprint density at radius 3 is 1.10 bits per heavy atom. The standard InChI is InChI=1S/C21H21N7O2.C15H13N5O2.C14H10ClN5O.C14H11N5O2.C7H12N2O.Cl2OS.Li.H2O.V/c1-12-5-6-13(20(29)27-17-8-16(30-28-17)21(2,3)4)7-14(12)26-19-18-15(23-11-25-19)9-22-10-24-18;1-9-3-4-10(15(21)22-2)5-11(9)20-14-13-12(17-8-19-14)6-16-7-18-13;1-8-2-3-9(13(15)21)4-10(8)20-14-12-11(17-7-19-14)5-16-6-18-12;1-8-2-3-9(14(20)21)4-10(8)19-13-12-11(16-7-18-13)5-15-6-17-12;1-7(2,3)5-4-6(8)9-10-5;1-4(2)3;;;/h5-11H,1-4H3,(H,23,25,26)(H,27,28,29);3-8H,1-2H3,(H,17,19,20);2-7H,1H3,(H,17,19,20);2-7H,1H3,(H,20,21)(H,16,18,19);4H,1-3H3,(H2,8,9);;;1H2;/q;;;;;;+1;;/p-1. The van der Waals surface area contributed by atoms with Crippen LogP contribution < -0.4 is 51.2 Å². The summed E-state index contributed by atoms with van der Waals surface area (Å²) in [5.41, 5.74) is 18.3. The molecule has 111 heavy (non-hydrogen) atoms. The van der Waals surface area contributed by atoms with Crippen LogP contribution in [0.3, 0.4) is 0 Å². The molecule has 14 aromatic rings. The molecule has 0 aliphatic carbocycles. The van der Waals surface area contributed by atoms with E-state index < -0.39 is 26.4 Å². The third kappa shape index (κ3) is 24.6. The Morgan fingerprint density at radius 1 is 0.468 bits per heavy atom. The fourth-order valence-corrected chi connectivity index (χ4v) is 9.42. The van der Waals surface area contributed by atoms with Crippen molar-refractivity contribution in [2.24, 2.45) is 0 Å². The van der Waals surface area contributed by atoms with Crippen LogP contribution in [-0.2, 0) is 43.3 Å². The summed E-state index contributed by atoms with van der Waals surface area (Å²) >= 11 is 5.51. The number of aromatic carboxylic acids is 1. The number of carboxylic acids is 1. The topological polar surface area (TPSA) is 489 Å². The summed E-state index contributed by atoms with van der Waals surface area (Å²) in [5, 5.41) is 31.5. The zero-order valence-corrected chi connectivity index (χ0v) is 65.8. The van der Waals surface area contributed by atoms with Gasteiger partial charge in [0.2, 0.25) is 9.23 Å². The summed E-state index contributed by atoms with van der Waals surface area (Å²) in [5.74, 6) is 2.83. The van der Waals surface area contributed by atoms with Gasteiger partial charge in [-0.2, -0.15) is 0 Å². The van der Waals surface area contributed by atoms with Crippen LogP contribution in [-0.4, -0.2) is 135 Å². The molecule has 34 nitrogen and oxygen atoms in total. The Hall–Kier alpha value is -11.8. The Kier molecular flexibility index (Phi) is 32.2. The van der Waals surface area contributed by atoms with E-state index in [1.807, 2.05) is 87.4 Å². The predicted octanol–water partition coefficient (Wildman–Crippen LogP) is 10.7. The van der Waals surface area contributed by atoms with Crippen molar-refractivity contribution in [2.45, 2.75) is 80.1 Å². The number of nitrogens with one attached hydrogen (secondary N) is 5. The molecule has 565 valence electrons. The number of aryl methyl sites for hydroxylation is 4. The zero-order chi connectivity index (χ0) is 77.8. The maximum atomic E-state index is 12.7. The van der Waals surface area contributed by atoms with Gasteiger partial charge < -0.3 is 56.7 Å². The van der Waals surface area contributed by atoms with Crippen LogP contribution in [0.4, 0.5) is 57.7 Å². The van der Waals surface area contributed by atoms with Gasteiger partial charge in [-0.3, -0.25) is 9.59 Å². The number of ether oxygens (including phenoxy) is 1. The zero-order valence-electron chi connectivity index (χ0n) is 61.3. The minimum absolute atomic E-state index is 0. The number of hydrogen-bond acceptors (Lipinski definition) is 32. The molecule has 0 saturated carbocycles. The van der Waals surface area contributed by atoms with Crippen molar-refractivity contribution < 1.29 is 85.2 Å². The summed E-state index contributed by atoms with van der Waals surface area (Å²) in [6.45, 7) is 19.9. The number of nitrogens with zero attached hydrogens (tertiary/aromatic N) is 18. The van der Waals surface area contributed by atoms with E-state index in [1.54, 1.807) is 91.5 Å². The monoisotopic (exact) mass is 1610 g/mol. The van der Waals surface area contributed by atoms with Gasteiger partial charge in [-0.15, -0.1) is 0 Å². The first-order valence-corrected chi connectivity index (χ1v) is 35.1. The fourth-order valence-electron chi connectivity index (χ4n) is 9.30. The third-order valence-corrected chi connectivity index (χ3v) is 15.3. The molecule has 0 atom stereocenters. The van der Waals surface area contributed by atoms with Crippen LogP contribution in [0.2, 0.25) is 0 Å². The van der Waals surface area contributed by atoms with E-state index in [4.69, 9.17) is 40.4 Å². The Bertz CT molecular complexity index is 5450. The Labute approximate surface area is 673 Å². The van der Waals surface area contributed by atoms with Crippen molar-refractivity contribution in [1.82, 2.24) is 90.1 Å². The van der Waals surface area contributed by atoms with Crippen LogP contribution in [0.25, 0.3) is 44.1 Å². The van der Waals surface area contributed by atoms with Gasteiger partial charge >= 0.3 is 30.8 Å². The number of fused-ring (bicyclic) bond motifs is 4. The fraction of sp³-hybridized carbons (Fsp3) is 0.183. The second-order valence-corrected chi connectivity index (χ2v) is 27.8. The Morgan fingerprint density at radius 2 is 0.784 bits per heavy atom. The minimum atomic E-state index is -1.67. The molecular formula is C71H68Cl3LiN24O10SV. The van der Waals surface area contributed by atoms with Crippen LogP contribution in [0.1, 0.15) is 117 Å².